The Morgan fingerprint density at radius 3 is 2.50 bits per heavy atom. The molecule has 0 aromatic carbocycles. The van der Waals surface area contributed by atoms with Crippen molar-refractivity contribution in [2.45, 2.75) is 71.0 Å². The first-order valence-electron chi connectivity index (χ1n) is 8.10. The van der Waals surface area contributed by atoms with Crippen molar-refractivity contribution in [2.24, 2.45) is 5.92 Å². The second-order valence-corrected chi connectivity index (χ2v) is 6.87. The molecule has 2 N–H and O–H groups in total. The molecule has 0 saturated carbocycles. The number of nitrogens with zero attached hydrogens (tertiary/aromatic N) is 1. The van der Waals surface area contributed by atoms with Gasteiger partial charge in [-0.05, 0) is 45.1 Å². The monoisotopic (exact) mass is 283 g/mol. The molecule has 3 unspecified atom stereocenters. The van der Waals surface area contributed by atoms with Crippen molar-refractivity contribution in [3.8, 4) is 0 Å². The summed E-state index contributed by atoms with van der Waals surface area (Å²) in [6, 6.07) is 0.933. The normalized spacial score (nSPS) is 22.6. The Morgan fingerprint density at radius 2 is 2.00 bits per heavy atom. The van der Waals surface area contributed by atoms with Gasteiger partial charge in [0, 0.05) is 26.2 Å². The van der Waals surface area contributed by atoms with Crippen LogP contribution in [0.25, 0.3) is 0 Å². The Bertz CT molecular complexity index is 285. The summed E-state index contributed by atoms with van der Waals surface area (Å²) in [6.07, 6.45) is 5.90. The number of hydrogen-bond donors (Lipinski definition) is 2. The summed E-state index contributed by atoms with van der Waals surface area (Å²) in [5.74, 6) is 0.721. The van der Waals surface area contributed by atoms with Gasteiger partial charge in [-0.1, -0.05) is 20.3 Å². The van der Waals surface area contributed by atoms with Crippen LogP contribution >= 0.6 is 0 Å². The number of piperidine rings is 1. The van der Waals surface area contributed by atoms with E-state index in [0.29, 0.717) is 18.0 Å². The molecule has 0 aromatic rings. The summed E-state index contributed by atoms with van der Waals surface area (Å²) in [7, 11) is 3.68. The molecule has 4 heteroatoms. The highest BCUT2D eigenvalue weighted by Gasteiger charge is 2.24. The zero-order chi connectivity index (χ0) is 15.1. The fraction of sp³-hybridized carbons (Fsp3) is 0.938. The smallest absolute Gasteiger partial charge is 0.239 e. The molecule has 1 saturated heterocycles. The molecule has 1 aliphatic rings. The third-order valence-electron chi connectivity index (χ3n) is 3.98. The molecular weight excluding hydrogens is 250 g/mol. The summed E-state index contributed by atoms with van der Waals surface area (Å²) in [6.45, 7) is 7.69. The molecular formula is C16H33N3O. The van der Waals surface area contributed by atoms with Crippen molar-refractivity contribution in [2.75, 3.05) is 20.6 Å². The van der Waals surface area contributed by atoms with Crippen LogP contribution in [0, 0.1) is 5.92 Å². The molecule has 118 valence electrons. The zero-order valence-corrected chi connectivity index (χ0v) is 13.9. The average Bonchev–Trinajstić information content (AvgIpc) is 2.37. The van der Waals surface area contributed by atoms with E-state index < -0.39 is 0 Å². The maximum absolute atomic E-state index is 12.3. The Balaban J connectivity index is 2.47. The predicted octanol–water partition coefficient (Wildman–Crippen LogP) is 2.00. The molecule has 0 spiro atoms. The van der Waals surface area contributed by atoms with Crippen molar-refractivity contribution in [1.29, 1.82) is 0 Å². The third-order valence-corrected chi connectivity index (χ3v) is 3.98. The fourth-order valence-corrected chi connectivity index (χ4v) is 2.99. The van der Waals surface area contributed by atoms with Crippen molar-refractivity contribution in [3.63, 3.8) is 0 Å². The van der Waals surface area contributed by atoms with E-state index in [-0.39, 0.29) is 11.9 Å². The zero-order valence-electron chi connectivity index (χ0n) is 13.9. The van der Waals surface area contributed by atoms with Gasteiger partial charge in [0.05, 0.1) is 6.04 Å². The van der Waals surface area contributed by atoms with Crippen LogP contribution < -0.4 is 10.6 Å². The largest absolute Gasteiger partial charge is 0.347 e. The second kappa shape index (κ2) is 8.63. The highest BCUT2D eigenvalue weighted by atomic mass is 16.2. The highest BCUT2D eigenvalue weighted by molar-refractivity contribution is 5.81. The molecule has 0 aliphatic carbocycles. The van der Waals surface area contributed by atoms with Gasteiger partial charge in [-0.15, -0.1) is 0 Å². The van der Waals surface area contributed by atoms with Crippen molar-refractivity contribution >= 4 is 5.91 Å². The maximum atomic E-state index is 12.3. The van der Waals surface area contributed by atoms with Crippen molar-refractivity contribution < 1.29 is 4.79 Å². The van der Waals surface area contributed by atoms with Gasteiger partial charge < -0.3 is 15.5 Å². The number of likely N-dealkylation sites (N-methyl/N-ethyl adjacent to an activating group) is 1. The Labute approximate surface area is 124 Å². The molecule has 1 amide bonds. The van der Waals surface area contributed by atoms with Crippen molar-refractivity contribution in [1.82, 2.24) is 15.5 Å². The van der Waals surface area contributed by atoms with E-state index in [1.807, 2.05) is 14.1 Å². The molecule has 20 heavy (non-hydrogen) atoms. The molecule has 1 fully saturated rings. The van der Waals surface area contributed by atoms with E-state index in [1.165, 1.54) is 19.3 Å². The summed E-state index contributed by atoms with van der Waals surface area (Å²) >= 11 is 0. The third kappa shape index (κ3) is 6.23. The summed E-state index contributed by atoms with van der Waals surface area (Å²) in [4.78, 5) is 14.0. The van der Waals surface area contributed by atoms with Gasteiger partial charge in [0.1, 0.15) is 0 Å². The molecule has 3 atom stereocenters. The van der Waals surface area contributed by atoms with E-state index in [9.17, 15) is 4.79 Å². The van der Waals surface area contributed by atoms with Crippen LogP contribution in [0.4, 0.5) is 0 Å². The lowest BCUT2D eigenvalue weighted by molar-refractivity contribution is -0.131. The number of rotatable bonds is 7. The minimum Gasteiger partial charge on any atom is -0.347 e. The molecule has 0 bridgehead atoms. The molecule has 1 rings (SSSR count). The Kier molecular flexibility index (Phi) is 7.52. The first-order valence-corrected chi connectivity index (χ1v) is 8.10. The van der Waals surface area contributed by atoms with Gasteiger partial charge in [0.15, 0.2) is 0 Å². The lowest BCUT2D eigenvalue weighted by Crippen LogP contribution is -2.49. The first kappa shape index (κ1) is 17.4. The van der Waals surface area contributed by atoms with Crippen LogP contribution in [0.2, 0.25) is 0 Å². The number of hydrogen-bond acceptors (Lipinski definition) is 3. The summed E-state index contributed by atoms with van der Waals surface area (Å²) in [5.41, 5.74) is 0. The van der Waals surface area contributed by atoms with E-state index >= 15 is 0 Å². The van der Waals surface area contributed by atoms with E-state index in [4.69, 9.17) is 0 Å². The highest BCUT2D eigenvalue weighted by Crippen LogP contribution is 2.14. The average molecular weight is 283 g/mol. The summed E-state index contributed by atoms with van der Waals surface area (Å²) < 4.78 is 0. The molecule has 4 nitrogen and oxygen atoms in total. The van der Waals surface area contributed by atoms with E-state index in [1.54, 1.807) is 4.90 Å². The minimum absolute atomic E-state index is 0.0522. The van der Waals surface area contributed by atoms with Gasteiger partial charge in [0.25, 0.3) is 0 Å². The minimum atomic E-state index is -0.0522. The molecule has 0 aromatic heterocycles. The molecule has 0 radical (unpaired) electrons. The molecule has 1 aliphatic heterocycles. The predicted molar refractivity (Wildman–Crippen MR) is 84.8 cm³/mol. The van der Waals surface area contributed by atoms with Crippen LogP contribution in [0.5, 0.6) is 0 Å². The maximum Gasteiger partial charge on any atom is 0.239 e. The van der Waals surface area contributed by atoms with Gasteiger partial charge in [-0.25, -0.2) is 0 Å². The topological polar surface area (TPSA) is 44.4 Å². The Hall–Kier alpha value is -0.610. The van der Waals surface area contributed by atoms with Crippen LogP contribution in [0.1, 0.15) is 52.9 Å². The van der Waals surface area contributed by atoms with Crippen LogP contribution in [0.15, 0.2) is 0 Å². The summed E-state index contributed by atoms with van der Waals surface area (Å²) in [5, 5.41) is 7.13. The number of amides is 1. The van der Waals surface area contributed by atoms with Gasteiger partial charge >= 0.3 is 0 Å². The fourth-order valence-electron chi connectivity index (χ4n) is 2.99. The Morgan fingerprint density at radius 1 is 1.30 bits per heavy atom. The second-order valence-electron chi connectivity index (χ2n) is 6.87. The van der Waals surface area contributed by atoms with Crippen LogP contribution in [0.3, 0.4) is 0 Å². The van der Waals surface area contributed by atoms with Crippen molar-refractivity contribution in [3.05, 3.63) is 0 Å². The van der Waals surface area contributed by atoms with E-state index in [0.717, 1.165) is 19.4 Å². The first-order chi connectivity index (χ1) is 9.40. The van der Waals surface area contributed by atoms with Crippen LogP contribution in [-0.4, -0.2) is 49.6 Å². The van der Waals surface area contributed by atoms with Gasteiger partial charge in [-0.3, -0.25) is 4.79 Å². The lowest BCUT2D eigenvalue weighted by atomic mass is 9.97. The standard InChI is InChI=1S/C16H33N3O/c1-12(2)10-15(16(20)19(4)5)18-13(3)11-14-8-6-7-9-17-14/h12-15,17-18H,6-11H2,1-5H3. The lowest BCUT2D eigenvalue weighted by Gasteiger charge is -2.30. The number of carbonyl (C=O) groups excluding carboxylic acids is 1. The molecule has 1 heterocycles. The number of nitrogens with one attached hydrogen (secondary N) is 2. The van der Waals surface area contributed by atoms with Gasteiger partial charge in [0.2, 0.25) is 5.91 Å². The van der Waals surface area contributed by atoms with E-state index in [2.05, 4.69) is 31.4 Å². The SMILES string of the molecule is CC(C)CC(NC(C)CC1CCCCN1)C(=O)N(C)C. The van der Waals surface area contributed by atoms with Gasteiger partial charge in [-0.2, -0.15) is 0 Å². The number of carbonyl (C=O) groups is 1. The quantitative estimate of drug-likeness (QED) is 0.751. The van der Waals surface area contributed by atoms with Crippen LogP contribution in [-0.2, 0) is 4.79 Å².